The molecule has 6 heteroatoms. The van der Waals surface area contributed by atoms with Crippen LogP contribution in [0.3, 0.4) is 0 Å². The molecular formula is C11H8BrFO2S2. The van der Waals surface area contributed by atoms with Gasteiger partial charge in [-0.2, -0.15) is 0 Å². The summed E-state index contributed by atoms with van der Waals surface area (Å²) in [5.41, 5.74) is 0.697. The van der Waals surface area contributed by atoms with Gasteiger partial charge in [0, 0.05) is 6.26 Å². The van der Waals surface area contributed by atoms with E-state index in [0.717, 1.165) is 10.0 Å². The normalized spacial score (nSPS) is 11.7. The maximum atomic E-state index is 12.8. The van der Waals surface area contributed by atoms with Crippen molar-refractivity contribution in [2.24, 2.45) is 0 Å². The molecule has 2 aromatic rings. The zero-order valence-electron chi connectivity index (χ0n) is 8.78. The first-order valence-corrected chi connectivity index (χ1v) is 8.13. The molecule has 0 atom stereocenters. The average molecular weight is 335 g/mol. The largest absolute Gasteiger partial charge is 0.224 e. The predicted octanol–water partition coefficient (Wildman–Crippen LogP) is 3.72. The molecule has 0 radical (unpaired) electrons. The molecule has 2 nitrogen and oxygen atoms in total. The van der Waals surface area contributed by atoms with Crippen LogP contribution in [0.25, 0.3) is 10.4 Å². The fourth-order valence-electron chi connectivity index (χ4n) is 1.42. The molecule has 1 heterocycles. The first kappa shape index (κ1) is 12.7. The molecule has 0 N–H and O–H groups in total. The highest BCUT2D eigenvalue weighted by Gasteiger charge is 2.18. The van der Waals surface area contributed by atoms with Crippen LogP contribution in [-0.2, 0) is 9.84 Å². The Morgan fingerprint density at radius 3 is 2.35 bits per heavy atom. The van der Waals surface area contributed by atoms with E-state index in [9.17, 15) is 12.8 Å². The van der Waals surface area contributed by atoms with Gasteiger partial charge in [0.1, 0.15) is 5.82 Å². The highest BCUT2D eigenvalue weighted by Crippen LogP contribution is 2.38. The van der Waals surface area contributed by atoms with Gasteiger partial charge in [-0.25, -0.2) is 12.8 Å². The number of halogens is 2. The molecule has 1 aromatic heterocycles. The van der Waals surface area contributed by atoms with Crippen molar-refractivity contribution in [1.82, 2.24) is 0 Å². The highest BCUT2D eigenvalue weighted by molar-refractivity contribution is 9.11. The van der Waals surface area contributed by atoms with Crippen LogP contribution in [0, 0.1) is 5.82 Å². The molecule has 0 spiro atoms. The Morgan fingerprint density at radius 1 is 1.24 bits per heavy atom. The summed E-state index contributed by atoms with van der Waals surface area (Å²) < 4.78 is 36.8. The zero-order valence-corrected chi connectivity index (χ0v) is 12.0. The van der Waals surface area contributed by atoms with Gasteiger partial charge in [-0.05, 0) is 39.7 Å². The first-order chi connectivity index (χ1) is 7.88. The molecule has 0 fully saturated rings. The standard InChI is InChI=1S/C11H8BrFO2S2/c1-17(14,15)9-6-10(12)16-11(9)7-2-4-8(13)5-3-7/h2-6H,1H3. The van der Waals surface area contributed by atoms with E-state index in [-0.39, 0.29) is 10.7 Å². The predicted molar refractivity (Wildman–Crippen MR) is 70.5 cm³/mol. The lowest BCUT2D eigenvalue weighted by Gasteiger charge is -2.01. The highest BCUT2D eigenvalue weighted by atomic mass is 79.9. The van der Waals surface area contributed by atoms with Gasteiger partial charge in [-0.15, -0.1) is 11.3 Å². The lowest BCUT2D eigenvalue weighted by atomic mass is 10.2. The van der Waals surface area contributed by atoms with E-state index >= 15 is 0 Å². The molecule has 0 aliphatic heterocycles. The topological polar surface area (TPSA) is 34.1 Å². The first-order valence-electron chi connectivity index (χ1n) is 4.63. The summed E-state index contributed by atoms with van der Waals surface area (Å²) in [5.74, 6) is -0.342. The maximum Gasteiger partial charge on any atom is 0.177 e. The zero-order chi connectivity index (χ0) is 12.6. The lowest BCUT2D eigenvalue weighted by molar-refractivity contribution is 0.602. The van der Waals surface area contributed by atoms with Crippen LogP contribution in [0.4, 0.5) is 4.39 Å². The van der Waals surface area contributed by atoms with Crippen LogP contribution in [0.2, 0.25) is 0 Å². The summed E-state index contributed by atoms with van der Waals surface area (Å²) in [6.07, 6.45) is 1.16. The molecule has 0 saturated heterocycles. The van der Waals surface area contributed by atoms with Gasteiger partial charge in [-0.1, -0.05) is 12.1 Å². The van der Waals surface area contributed by atoms with Crippen molar-refractivity contribution >= 4 is 37.1 Å². The summed E-state index contributed by atoms with van der Waals surface area (Å²) >= 11 is 4.58. The minimum absolute atomic E-state index is 0.265. The Hall–Kier alpha value is -0.720. The summed E-state index contributed by atoms with van der Waals surface area (Å²) in [5, 5.41) is 0. The monoisotopic (exact) mass is 334 g/mol. The van der Waals surface area contributed by atoms with Gasteiger partial charge < -0.3 is 0 Å². The van der Waals surface area contributed by atoms with Gasteiger partial charge >= 0.3 is 0 Å². The molecule has 17 heavy (non-hydrogen) atoms. The van der Waals surface area contributed by atoms with Crippen LogP contribution in [0.15, 0.2) is 39.0 Å². The molecular weight excluding hydrogens is 327 g/mol. The number of hydrogen-bond donors (Lipinski definition) is 0. The Morgan fingerprint density at radius 2 is 1.82 bits per heavy atom. The van der Waals surface area contributed by atoms with Crippen molar-refractivity contribution in [3.63, 3.8) is 0 Å². The Kier molecular flexibility index (Phi) is 3.38. The van der Waals surface area contributed by atoms with Crippen molar-refractivity contribution in [2.45, 2.75) is 4.90 Å². The van der Waals surface area contributed by atoms with Crippen molar-refractivity contribution < 1.29 is 12.8 Å². The summed E-state index contributed by atoms with van der Waals surface area (Å²) in [4.78, 5) is 0.889. The Labute approximate surface area is 111 Å². The van der Waals surface area contributed by atoms with Gasteiger partial charge in [0.05, 0.1) is 13.6 Å². The minimum Gasteiger partial charge on any atom is -0.224 e. The van der Waals surface area contributed by atoms with E-state index in [4.69, 9.17) is 0 Å². The number of benzene rings is 1. The fraction of sp³-hybridized carbons (Fsp3) is 0.0909. The third-order valence-corrected chi connectivity index (χ3v) is 5.11. The molecule has 0 unspecified atom stereocenters. The van der Waals surface area contributed by atoms with Crippen LogP contribution in [-0.4, -0.2) is 14.7 Å². The van der Waals surface area contributed by atoms with Gasteiger partial charge in [0.25, 0.3) is 0 Å². The van der Waals surface area contributed by atoms with Crippen molar-refractivity contribution in [2.75, 3.05) is 6.26 Å². The summed E-state index contributed by atoms with van der Waals surface area (Å²) in [6.45, 7) is 0. The van der Waals surface area contributed by atoms with E-state index in [0.29, 0.717) is 10.4 Å². The lowest BCUT2D eigenvalue weighted by Crippen LogP contribution is -1.96. The molecule has 0 aliphatic carbocycles. The molecule has 0 aliphatic rings. The van der Waals surface area contributed by atoms with Crippen LogP contribution in [0.1, 0.15) is 0 Å². The van der Waals surface area contributed by atoms with Gasteiger partial charge in [-0.3, -0.25) is 0 Å². The van der Waals surface area contributed by atoms with Crippen molar-refractivity contribution in [3.05, 3.63) is 39.9 Å². The SMILES string of the molecule is CS(=O)(=O)c1cc(Br)sc1-c1ccc(F)cc1. The Bertz CT molecular complexity index is 645. The van der Waals surface area contributed by atoms with E-state index in [2.05, 4.69) is 15.9 Å². The summed E-state index contributed by atoms with van der Waals surface area (Å²) in [6, 6.07) is 7.34. The van der Waals surface area contributed by atoms with E-state index < -0.39 is 9.84 Å². The van der Waals surface area contributed by atoms with Crippen molar-refractivity contribution in [1.29, 1.82) is 0 Å². The Balaban J connectivity index is 2.64. The van der Waals surface area contributed by atoms with E-state index in [1.807, 2.05) is 0 Å². The van der Waals surface area contributed by atoms with E-state index in [1.165, 1.54) is 23.5 Å². The summed E-state index contributed by atoms with van der Waals surface area (Å²) in [7, 11) is -3.28. The number of hydrogen-bond acceptors (Lipinski definition) is 3. The molecule has 90 valence electrons. The second-order valence-corrected chi connectivity index (χ2v) is 7.94. The number of rotatable bonds is 2. The van der Waals surface area contributed by atoms with Crippen molar-refractivity contribution in [3.8, 4) is 10.4 Å². The van der Waals surface area contributed by atoms with Crippen LogP contribution in [0.5, 0.6) is 0 Å². The smallest absolute Gasteiger partial charge is 0.177 e. The molecule has 1 aromatic carbocycles. The second-order valence-electron chi connectivity index (χ2n) is 3.52. The molecule has 2 rings (SSSR count). The number of thiophene rings is 1. The molecule has 0 amide bonds. The van der Waals surface area contributed by atoms with Gasteiger partial charge in [0.15, 0.2) is 9.84 Å². The third-order valence-electron chi connectivity index (χ3n) is 2.17. The van der Waals surface area contributed by atoms with E-state index in [1.54, 1.807) is 18.2 Å². The quantitative estimate of drug-likeness (QED) is 0.838. The van der Waals surface area contributed by atoms with Crippen LogP contribution >= 0.6 is 27.3 Å². The number of sulfone groups is 1. The fourth-order valence-corrected chi connectivity index (χ4v) is 4.52. The average Bonchev–Trinajstić information content (AvgIpc) is 2.61. The molecule has 0 bridgehead atoms. The second kappa shape index (κ2) is 4.51. The third kappa shape index (κ3) is 2.75. The molecule has 0 saturated carbocycles. The minimum atomic E-state index is -3.28. The van der Waals surface area contributed by atoms with Crippen LogP contribution < -0.4 is 0 Å². The maximum absolute atomic E-state index is 12.8. The van der Waals surface area contributed by atoms with Gasteiger partial charge in [0.2, 0.25) is 0 Å².